The number of halogens is 2. The second kappa shape index (κ2) is 7.15. The molecular weight excluding hydrogens is 259 g/mol. The minimum absolute atomic E-state index is 0.112. The van der Waals surface area contributed by atoms with E-state index in [2.05, 4.69) is 0 Å². The molecule has 0 aliphatic heterocycles. The molecule has 0 spiro atoms. The molecule has 0 amide bonds. The monoisotopic (exact) mass is 270 g/mol. The molecule has 17 heavy (non-hydrogen) atoms. The lowest BCUT2D eigenvalue weighted by molar-refractivity contribution is 0.104. The van der Waals surface area contributed by atoms with Crippen molar-refractivity contribution in [3.05, 3.63) is 52.5 Å². The summed E-state index contributed by atoms with van der Waals surface area (Å²) in [5.74, 6) is 0.635. The quantitative estimate of drug-likeness (QED) is 0.457. The first-order valence-electron chi connectivity index (χ1n) is 5.10. The Morgan fingerprint density at radius 2 is 1.94 bits per heavy atom. The van der Waals surface area contributed by atoms with Crippen LogP contribution in [0.3, 0.4) is 0 Å². The summed E-state index contributed by atoms with van der Waals surface area (Å²) in [5.41, 5.74) is 0.587. The average molecular weight is 271 g/mol. The van der Waals surface area contributed by atoms with Gasteiger partial charge in [-0.05, 0) is 43.3 Å². The van der Waals surface area contributed by atoms with Crippen LogP contribution in [0, 0.1) is 0 Å². The number of hydrogen-bond donors (Lipinski definition) is 0. The SMILES string of the molecule is CCOc1ccc(C(=O)C=CC=C(Cl)Cl)cc1. The van der Waals surface area contributed by atoms with E-state index in [0.717, 1.165) is 5.75 Å². The van der Waals surface area contributed by atoms with Crippen molar-refractivity contribution in [3.8, 4) is 5.75 Å². The highest BCUT2D eigenvalue weighted by Gasteiger charge is 2.01. The Morgan fingerprint density at radius 1 is 1.29 bits per heavy atom. The Labute approximate surface area is 110 Å². The van der Waals surface area contributed by atoms with Gasteiger partial charge in [-0.1, -0.05) is 29.3 Å². The summed E-state index contributed by atoms with van der Waals surface area (Å²) >= 11 is 10.8. The minimum Gasteiger partial charge on any atom is -0.494 e. The minimum atomic E-state index is -0.112. The number of rotatable bonds is 5. The van der Waals surface area contributed by atoms with Crippen LogP contribution >= 0.6 is 23.2 Å². The Hall–Kier alpha value is -1.25. The molecule has 0 aliphatic carbocycles. The summed E-state index contributed by atoms with van der Waals surface area (Å²) in [7, 11) is 0. The van der Waals surface area contributed by atoms with E-state index in [0.29, 0.717) is 12.2 Å². The van der Waals surface area contributed by atoms with Gasteiger partial charge >= 0.3 is 0 Å². The van der Waals surface area contributed by atoms with E-state index in [1.54, 1.807) is 24.3 Å². The van der Waals surface area contributed by atoms with Gasteiger partial charge in [0.25, 0.3) is 0 Å². The molecule has 0 saturated carbocycles. The molecule has 1 aromatic rings. The van der Waals surface area contributed by atoms with Crippen LogP contribution in [0.4, 0.5) is 0 Å². The number of hydrogen-bond acceptors (Lipinski definition) is 2. The number of allylic oxidation sites excluding steroid dienone is 3. The maximum absolute atomic E-state index is 11.7. The van der Waals surface area contributed by atoms with Gasteiger partial charge < -0.3 is 4.74 Å². The third-order valence-electron chi connectivity index (χ3n) is 1.92. The summed E-state index contributed by atoms with van der Waals surface area (Å²) in [4.78, 5) is 11.7. The van der Waals surface area contributed by atoms with Crippen LogP contribution in [-0.4, -0.2) is 12.4 Å². The Morgan fingerprint density at radius 3 is 2.47 bits per heavy atom. The van der Waals surface area contributed by atoms with Gasteiger partial charge in [0.2, 0.25) is 0 Å². The van der Waals surface area contributed by atoms with Crippen LogP contribution < -0.4 is 4.74 Å². The summed E-state index contributed by atoms with van der Waals surface area (Å²) < 4.78 is 5.39. The van der Waals surface area contributed by atoms with E-state index in [1.807, 2.05) is 6.92 Å². The zero-order valence-electron chi connectivity index (χ0n) is 9.32. The van der Waals surface area contributed by atoms with Gasteiger partial charge in [-0.25, -0.2) is 0 Å². The molecular formula is C13H12Cl2O2. The van der Waals surface area contributed by atoms with E-state index in [9.17, 15) is 4.79 Å². The molecule has 1 rings (SSSR count). The predicted octanol–water partition coefficient (Wildman–Crippen LogP) is 4.14. The third-order valence-corrected chi connectivity index (χ3v) is 2.17. The summed E-state index contributed by atoms with van der Waals surface area (Å²) in [6.07, 6.45) is 4.35. The molecule has 0 fully saturated rings. The molecule has 0 atom stereocenters. The second-order valence-corrected chi connectivity index (χ2v) is 4.14. The molecule has 1 aromatic carbocycles. The Balaban J connectivity index is 2.70. The maximum atomic E-state index is 11.7. The molecule has 0 unspecified atom stereocenters. The van der Waals surface area contributed by atoms with Crippen LogP contribution in [-0.2, 0) is 0 Å². The topological polar surface area (TPSA) is 26.3 Å². The van der Waals surface area contributed by atoms with Crippen molar-refractivity contribution in [2.24, 2.45) is 0 Å². The van der Waals surface area contributed by atoms with Gasteiger partial charge in [-0.3, -0.25) is 4.79 Å². The van der Waals surface area contributed by atoms with E-state index < -0.39 is 0 Å². The average Bonchev–Trinajstić information content (AvgIpc) is 2.30. The fourth-order valence-electron chi connectivity index (χ4n) is 1.19. The molecule has 0 aromatic heterocycles. The van der Waals surface area contributed by atoms with Crippen LogP contribution in [0.15, 0.2) is 47.0 Å². The van der Waals surface area contributed by atoms with E-state index in [1.165, 1.54) is 18.2 Å². The smallest absolute Gasteiger partial charge is 0.185 e. The third kappa shape index (κ3) is 5.07. The molecule has 90 valence electrons. The number of carbonyl (C=O) groups is 1. The molecule has 0 heterocycles. The predicted molar refractivity (Wildman–Crippen MR) is 70.9 cm³/mol. The van der Waals surface area contributed by atoms with Crippen molar-refractivity contribution < 1.29 is 9.53 Å². The van der Waals surface area contributed by atoms with Crippen molar-refractivity contribution >= 4 is 29.0 Å². The lowest BCUT2D eigenvalue weighted by Crippen LogP contribution is -1.95. The maximum Gasteiger partial charge on any atom is 0.185 e. The normalized spacial score (nSPS) is 10.3. The molecule has 0 aliphatic rings. The van der Waals surface area contributed by atoms with Gasteiger partial charge in [0.1, 0.15) is 10.2 Å². The molecule has 0 radical (unpaired) electrons. The highest BCUT2D eigenvalue weighted by atomic mass is 35.5. The zero-order valence-corrected chi connectivity index (χ0v) is 10.8. The van der Waals surface area contributed by atoms with Crippen LogP contribution in [0.25, 0.3) is 0 Å². The van der Waals surface area contributed by atoms with Gasteiger partial charge in [-0.2, -0.15) is 0 Å². The van der Waals surface area contributed by atoms with Crippen LogP contribution in [0.2, 0.25) is 0 Å². The Bertz CT molecular complexity index is 429. The van der Waals surface area contributed by atoms with Crippen molar-refractivity contribution in [1.82, 2.24) is 0 Å². The molecule has 0 saturated heterocycles. The standard InChI is InChI=1S/C13H12Cl2O2/c1-2-17-11-8-6-10(7-9-11)12(16)4-3-5-13(14)15/h3-9H,2H2,1H3. The number of carbonyl (C=O) groups excluding carboxylic acids is 1. The molecule has 0 N–H and O–H groups in total. The van der Waals surface area contributed by atoms with Crippen molar-refractivity contribution in [3.63, 3.8) is 0 Å². The largest absolute Gasteiger partial charge is 0.494 e. The molecule has 4 heteroatoms. The zero-order chi connectivity index (χ0) is 12.7. The van der Waals surface area contributed by atoms with E-state index in [4.69, 9.17) is 27.9 Å². The summed E-state index contributed by atoms with van der Waals surface area (Å²) in [6.45, 7) is 2.51. The van der Waals surface area contributed by atoms with Crippen LogP contribution in [0.1, 0.15) is 17.3 Å². The highest BCUT2D eigenvalue weighted by Crippen LogP contribution is 2.13. The van der Waals surface area contributed by atoms with Gasteiger partial charge in [0, 0.05) is 5.56 Å². The van der Waals surface area contributed by atoms with E-state index in [-0.39, 0.29) is 10.3 Å². The number of ether oxygens (including phenoxy) is 1. The lowest BCUT2D eigenvalue weighted by Gasteiger charge is -2.02. The first-order chi connectivity index (χ1) is 8.13. The first-order valence-corrected chi connectivity index (χ1v) is 5.85. The van der Waals surface area contributed by atoms with Gasteiger partial charge in [0.15, 0.2) is 5.78 Å². The molecule has 0 bridgehead atoms. The van der Waals surface area contributed by atoms with Crippen LogP contribution in [0.5, 0.6) is 5.75 Å². The van der Waals surface area contributed by atoms with Crippen molar-refractivity contribution in [2.45, 2.75) is 6.92 Å². The fraction of sp³-hybridized carbons (Fsp3) is 0.154. The highest BCUT2D eigenvalue weighted by molar-refractivity contribution is 6.56. The van der Waals surface area contributed by atoms with Crippen molar-refractivity contribution in [2.75, 3.05) is 6.61 Å². The summed E-state index contributed by atoms with van der Waals surface area (Å²) in [5, 5.41) is 0. The van der Waals surface area contributed by atoms with Gasteiger partial charge in [0.05, 0.1) is 6.61 Å². The molecule has 2 nitrogen and oxygen atoms in total. The first kappa shape index (κ1) is 13.8. The fourth-order valence-corrected chi connectivity index (χ4v) is 1.33. The number of ketones is 1. The lowest BCUT2D eigenvalue weighted by atomic mass is 10.1. The number of benzene rings is 1. The van der Waals surface area contributed by atoms with Crippen molar-refractivity contribution in [1.29, 1.82) is 0 Å². The second-order valence-electron chi connectivity index (χ2n) is 3.14. The summed E-state index contributed by atoms with van der Waals surface area (Å²) in [6, 6.07) is 6.94. The Kier molecular flexibility index (Phi) is 5.81. The van der Waals surface area contributed by atoms with E-state index >= 15 is 0 Å². The van der Waals surface area contributed by atoms with Gasteiger partial charge in [-0.15, -0.1) is 0 Å².